The summed E-state index contributed by atoms with van der Waals surface area (Å²) < 4.78 is 3.51. The summed E-state index contributed by atoms with van der Waals surface area (Å²) in [5.74, 6) is -0.183. The molecule has 0 aromatic carbocycles. The van der Waals surface area contributed by atoms with Crippen LogP contribution in [0, 0.1) is 21.1 Å². The molecule has 4 aromatic heterocycles. The first kappa shape index (κ1) is 23.3. The summed E-state index contributed by atoms with van der Waals surface area (Å²) in [4.78, 5) is 24.7. The molecule has 14 nitrogen and oxygen atoms in total. The first-order valence-electron chi connectivity index (χ1n) is 8.31. The minimum Gasteiger partial charge on any atom is -0.550 e. The van der Waals surface area contributed by atoms with Crippen LogP contribution in [0.2, 0.25) is 0 Å². The Balaban J connectivity index is 0.00000181. The zero-order valence-electron chi connectivity index (χ0n) is 17.5. The fraction of sp³-hybridized carbons (Fsp3) is 0.0625. The Bertz CT molecular complexity index is 1060. The van der Waals surface area contributed by atoms with Crippen molar-refractivity contribution in [3.63, 3.8) is 0 Å². The fourth-order valence-corrected chi connectivity index (χ4v) is 2.44. The molecule has 0 bridgehead atoms. The molecule has 4 heterocycles. The summed E-state index contributed by atoms with van der Waals surface area (Å²) in [7, 11) is 10.7. The molecule has 162 valence electrons. The van der Waals surface area contributed by atoms with Crippen LogP contribution < -0.4 is 10.6 Å². The molecular formula is C16H16N11O3Rf3-3. The van der Waals surface area contributed by atoms with Crippen molar-refractivity contribution in [3.05, 3.63) is 51.6 Å². The number of anilines is 4. The van der Waals surface area contributed by atoms with Gasteiger partial charge in [-0.25, -0.2) is 0 Å². The van der Waals surface area contributed by atoms with Crippen LogP contribution >= 0.6 is 0 Å². The number of aromatic hydroxyl groups is 3. The minimum absolute atomic E-state index is 0. The van der Waals surface area contributed by atoms with Gasteiger partial charge in [-0.2, -0.15) is 15.0 Å². The monoisotopic (exact) mass is 1210 g/mol. The summed E-state index contributed by atoms with van der Waals surface area (Å²) in [6, 6.07) is 0. The Labute approximate surface area is 169 Å². The van der Waals surface area contributed by atoms with Gasteiger partial charge in [0.1, 0.15) is 35.1 Å². The van der Waals surface area contributed by atoms with Gasteiger partial charge in [0.2, 0.25) is 11.9 Å². The van der Waals surface area contributed by atoms with Crippen molar-refractivity contribution in [2.75, 3.05) is 10.6 Å². The van der Waals surface area contributed by atoms with Crippen LogP contribution in [0.1, 0.15) is 11.5 Å². The molecule has 5 N–H and O–H groups in total. The van der Waals surface area contributed by atoms with Crippen LogP contribution in [0.15, 0.2) is 19.0 Å². The molecule has 0 aliphatic heterocycles. The number of hydrogen-bond acceptors (Lipinski definition) is 11. The van der Waals surface area contributed by atoms with Gasteiger partial charge in [-0.15, -0.1) is 21.1 Å². The van der Waals surface area contributed by atoms with Crippen LogP contribution in [0.3, 0.4) is 0 Å². The Morgan fingerprint density at radius 1 is 0.667 bits per heavy atom. The molecule has 33 heavy (non-hydrogen) atoms. The molecule has 0 radical (unpaired) electrons. The summed E-state index contributed by atoms with van der Waals surface area (Å²) in [6.45, 7) is 0. The SMILES string of the molecule is [CH2-]n1cnc(Cc2nc(Nc3ncn([CH2-])c3O)nc(Nc3ncn([CH2-])c3O)n2)c1O.[Rf].[Rf].[Rf]. The summed E-state index contributed by atoms with van der Waals surface area (Å²) in [6.07, 6.45) is 4.00. The van der Waals surface area contributed by atoms with E-state index in [0.717, 1.165) is 9.13 Å². The van der Waals surface area contributed by atoms with Gasteiger partial charge in [-0.05, 0) is 19.0 Å². The molecule has 4 aromatic rings. The van der Waals surface area contributed by atoms with E-state index in [0.29, 0.717) is 5.69 Å². The first-order valence-corrected chi connectivity index (χ1v) is 8.31. The van der Waals surface area contributed by atoms with E-state index < -0.39 is 0 Å². The Kier molecular flexibility index (Phi) is 5.71. The van der Waals surface area contributed by atoms with E-state index in [9.17, 15) is 15.3 Å². The molecule has 0 aliphatic rings. The number of imidazole rings is 3. The third-order valence-electron chi connectivity index (χ3n) is 3.97. The van der Waals surface area contributed by atoms with Crippen molar-refractivity contribution in [3.8, 4) is 17.6 Å². The van der Waals surface area contributed by atoms with Crippen molar-refractivity contribution in [1.29, 1.82) is 0 Å². The van der Waals surface area contributed by atoms with Crippen molar-refractivity contribution in [1.82, 2.24) is 43.6 Å². The van der Waals surface area contributed by atoms with Crippen molar-refractivity contribution < 1.29 is 15.3 Å². The van der Waals surface area contributed by atoms with Crippen LogP contribution in [0.5, 0.6) is 17.6 Å². The predicted octanol–water partition coefficient (Wildman–Crippen LogP) is 0.575. The molecule has 0 atom stereocenters. The van der Waals surface area contributed by atoms with Crippen molar-refractivity contribution in [2.24, 2.45) is 0 Å². The van der Waals surface area contributed by atoms with Crippen molar-refractivity contribution in [2.45, 2.75) is 6.42 Å². The summed E-state index contributed by atoms with van der Waals surface area (Å²) >= 11 is 0. The van der Waals surface area contributed by atoms with Gasteiger partial charge in [-0.1, -0.05) is 0 Å². The molecule has 0 saturated carbocycles. The minimum atomic E-state index is -0.228. The first-order chi connectivity index (χ1) is 14.3. The maximum atomic E-state index is 10.0. The van der Waals surface area contributed by atoms with E-state index in [1.165, 1.54) is 23.5 Å². The van der Waals surface area contributed by atoms with Gasteiger partial charge in [0.15, 0.2) is 0 Å². The number of nitrogens with one attached hydrogen (secondary N) is 2. The molecule has 0 aliphatic carbocycles. The van der Waals surface area contributed by atoms with Crippen LogP contribution in [0.4, 0.5) is 23.5 Å². The quantitative estimate of drug-likeness (QED) is 0.171. The predicted molar refractivity (Wildman–Crippen MR) is 103 cm³/mol. The van der Waals surface area contributed by atoms with Crippen LogP contribution in [-0.2, 0) is 6.42 Å². The van der Waals surface area contributed by atoms with E-state index in [1.807, 2.05) is 0 Å². The van der Waals surface area contributed by atoms with E-state index >= 15 is 0 Å². The van der Waals surface area contributed by atoms with Crippen molar-refractivity contribution >= 4 is 23.5 Å². The Hall–Kier alpha value is -7.75. The number of rotatable bonds is 6. The smallest absolute Gasteiger partial charge is 0.232 e. The largest absolute Gasteiger partial charge is 0.550 e. The molecule has 0 unspecified atom stereocenters. The van der Waals surface area contributed by atoms with E-state index in [4.69, 9.17) is 0 Å². The standard InChI is InChI=1S/C16H16N11O3.3Rf/c1-25-5-17-8(12(25)28)4-9-20-15(22-10-13(29)26(2)6-18-10)24-16(21-9)23-11-14(30)27(3)7-19-11;;;/h5-7,28-30H,1-4H2,(H2,20,21,22,23,24);;;/q-3;;;. The molecule has 0 amide bonds. The van der Waals surface area contributed by atoms with Gasteiger partial charge in [0, 0.05) is 12.1 Å². The number of nitrogens with zero attached hydrogens (tertiary/aromatic N) is 9. The second kappa shape index (κ2) is 8.09. The topological polar surface area (TPSA) is 177 Å². The summed E-state index contributed by atoms with van der Waals surface area (Å²) in [5, 5.41) is 35.5. The van der Waals surface area contributed by atoms with Gasteiger partial charge in [0.05, 0.1) is 0 Å². The van der Waals surface area contributed by atoms with Gasteiger partial charge < -0.3 is 44.6 Å². The Morgan fingerprint density at radius 3 is 1.45 bits per heavy atom. The van der Waals surface area contributed by atoms with E-state index in [-0.39, 0.29) is 53.4 Å². The van der Waals surface area contributed by atoms with Crippen LogP contribution in [-0.4, -0.2) is 58.9 Å². The summed E-state index contributed by atoms with van der Waals surface area (Å²) in [5.41, 5.74) is 0.294. The van der Waals surface area contributed by atoms with Gasteiger partial charge in [-0.3, -0.25) is 9.97 Å². The van der Waals surface area contributed by atoms with Gasteiger partial charge in [0.25, 0.3) is 0 Å². The third-order valence-corrected chi connectivity index (χ3v) is 3.97. The maximum absolute atomic E-state index is 10.0. The molecular weight excluding hydrogens is 1200 g/mol. The number of aromatic nitrogens is 9. The normalized spacial score (nSPS) is 9.94. The molecule has 0 spiro atoms. The maximum Gasteiger partial charge on any atom is 0.232 e. The number of hydrogen-bond donors (Lipinski definition) is 5. The second-order valence-electron chi connectivity index (χ2n) is 6.08. The average molecular weight is 1210 g/mol. The zero-order chi connectivity index (χ0) is 21.4. The molecule has 0 fully saturated rings. The Morgan fingerprint density at radius 2 is 1.09 bits per heavy atom. The van der Waals surface area contributed by atoms with Crippen LogP contribution in [0.25, 0.3) is 0 Å². The second-order valence-corrected chi connectivity index (χ2v) is 6.08. The fourth-order valence-electron chi connectivity index (χ4n) is 2.44. The van der Waals surface area contributed by atoms with Gasteiger partial charge >= 0.3 is 0 Å². The molecule has 17 heteroatoms. The zero-order valence-corrected chi connectivity index (χ0v) is 36.7. The third kappa shape index (κ3) is 3.93. The van der Waals surface area contributed by atoms with E-state index in [1.54, 1.807) is 0 Å². The molecule has 4 rings (SSSR count). The van der Waals surface area contributed by atoms with E-state index in [2.05, 4.69) is 61.7 Å². The average Bonchev–Trinajstić information content (AvgIpc) is 3.32. The molecule has 0 saturated heterocycles.